The van der Waals surface area contributed by atoms with Crippen LogP contribution in [0.2, 0.25) is 0 Å². The number of benzene rings is 1. The first-order chi connectivity index (χ1) is 11.7. The molecule has 11 heteroatoms. The first kappa shape index (κ1) is 22.0. The molecule has 148 valence electrons. The largest absolute Gasteiger partial charge is 0.573 e. The summed E-state index contributed by atoms with van der Waals surface area (Å²) in [5.74, 6) is -6.58. The van der Waals surface area contributed by atoms with Gasteiger partial charge in [0.25, 0.3) is 0 Å². The zero-order valence-corrected chi connectivity index (χ0v) is 13.6. The molecule has 0 aliphatic rings. The summed E-state index contributed by atoms with van der Waals surface area (Å²) in [6.07, 6.45) is -10.4. The smallest absolute Gasteiger partial charge is 0.406 e. The zero-order chi connectivity index (χ0) is 20.3. The number of rotatable bonds is 7. The van der Waals surface area contributed by atoms with Crippen molar-refractivity contribution in [2.45, 2.75) is 50.6 Å². The molecule has 0 aliphatic heterocycles. The lowest BCUT2D eigenvalue weighted by molar-refractivity contribution is -0.274. The molecule has 0 saturated carbocycles. The highest BCUT2D eigenvalue weighted by Crippen LogP contribution is 2.37. The monoisotopic (exact) mass is 391 g/mol. The Bertz CT molecular complexity index is 632. The van der Waals surface area contributed by atoms with E-state index in [1.165, 1.54) is 19.1 Å². The Hall–Kier alpha value is -2.04. The van der Waals surface area contributed by atoms with E-state index >= 15 is 0 Å². The molecule has 2 N–H and O–H groups in total. The molecule has 26 heavy (non-hydrogen) atoms. The van der Waals surface area contributed by atoms with Crippen LogP contribution in [0.25, 0.3) is 0 Å². The predicted octanol–water partition coefficient (Wildman–Crippen LogP) is 3.80. The van der Waals surface area contributed by atoms with Gasteiger partial charge in [-0.1, -0.05) is 12.1 Å². The molecule has 0 aliphatic carbocycles. The Labute approximate surface area is 143 Å². The minimum absolute atomic E-state index is 0.139. The van der Waals surface area contributed by atoms with Crippen LogP contribution in [0.3, 0.4) is 0 Å². The van der Waals surface area contributed by atoms with Gasteiger partial charge in [0.05, 0.1) is 12.5 Å². The SMILES string of the molecule is C[C@H](NC(=O)C[C@](C)(O)C(F)(F)C(F)F)c1cccc(OC(F)(F)F)c1. The lowest BCUT2D eigenvalue weighted by Crippen LogP contribution is -2.53. The van der Waals surface area contributed by atoms with E-state index in [0.717, 1.165) is 12.1 Å². The average molecular weight is 391 g/mol. The molecule has 1 aromatic rings. The van der Waals surface area contributed by atoms with Crippen LogP contribution < -0.4 is 10.1 Å². The summed E-state index contributed by atoms with van der Waals surface area (Å²) in [7, 11) is 0. The Morgan fingerprint density at radius 1 is 1.23 bits per heavy atom. The lowest BCUT2D eigenvalue weighted by Gasteiger charge is -2.31. The summed E-state index contributed by atoms with van der Waals surface area (Å²) < 4.78 is 91.4. The molecule has 0 fully saturated rings. The number of aliphatic hydroxyl groups is 1. The van der Waals surface area contributed by atoms with Gasteiger partial charge in [-0.15, -0.1) is 13.2 Å². The first-order valence-corrected chi connectivity index (χ1v) is 7.19. The molecular formula is C15H16F7NO3. The summed E-state index contributed by atoms with van der Waals surface area (Å²) in [6.45, 7) is 1.71. The molecule has 0 bridgehead atoms. The van der Waals surface area contributed by atoms with Crippen LogP contribution in [0.4, 0.5) is 30.7 Å². The minimum atomic E-state index is -4.93. The molecule has 0 saturated heterocycles. The van der Waals surface area contributed by atoms with E-state index in [2.05, 4.69) is 10.1 Å². The summed E-state index contributed by atoms with van der Waals surface area (Å²) in [5, 5.41) is 11.6. The standard InChI is InChI=1S/C15H16F7NO3/c1-8(9-4-3-5-10(6-9)26-15(20,21)22)23-11(24)7-13(2,25)14(18,19)12(16)17/h3-6,8,12,25H,7H2,1-2H3,(H,23,24)/t8-,13-/m0/s1. The second kappa shape index (κ2) is 7.68. The number of carbonyl (C=O) groups is 1. The van der Waals surface area contributed by atoms with Crippen molar-refractivity contribution in [2.75, 3.05) is 0 Å². The topological polar surface area (TPSA) is 58.6 Å². The fourth-order valence-electron chi connectivity index (χ4n) is 2.02. The Kier molecular flexibility index (Phi) is 6.50. The van der Waals surface area contributed by atoms with Crippen molar-refractivity contribution in [1.82, 2.24) is 5.32 Å². The van der Waals surface area contributed by atoms with Crippen molar-refractivity contribution < 1.29 is 45.4 Å². The van der Waals surface area contributed by atoms with Gasteiger partial charge in [0, 0.05) is 0 Å². The number of amides is 1. The molecule has 1 rings (SSSR count). The summed E-state index contributed by atoms with van der Waals surface area (Å²) >= 11 is 0. The van der Waals surface area contributed by atoms with Gasteiger partial charge in [0.15, 0.2) is 0 Å². The minimum Gasteiger partial charge on any atom is -0.406 e. The van der Waals surface area contributed by atoms with Crippen molar-refractivity contribution in [3.05, 3.63) is 29.8 Å². The average Bonchev–Trinajstić information content (AvgIpc) is 2.44. The highest BCUT2D eigenvalue weighted by Gasteiger charge is 2.57. The molecule has 2 atom stereocenters. The summed E-state index contributed by atoms with van der Waals surface area (Å²) in [5.41, 5.74) is -3.17. The maximum atomic E-state index is 13.3. The van der Waals surface area contributed by atoms with Crippen molar-refractivity contribution in [1.29, 1.82) is 0 Å². The van der Waals surface area contributed by atoms with E-state index in [4.69, 9.17) is 0 Å². The Morgan fingerprint density at radius 2 is 1.81 bits per heavy atom. The quantitative estimate of drug-likeness (QED) is 0.696. The van der Waals surface area contributed by atoms with E-state index in [0.29, 0.717) is 6.92 Å². The number of hydrogen-bond acceptors (Lipinski definition) is 3. The van der Waals surface area contributed by atoms with Crippen LogP contribution in [0.15, 0.2) is 24.3 Å². The lowest BCUT2D eigenvalue weighted by atomic mass is 9.93. The van der Waals surface area contributed by atoms with E-state index < -0.39 is 48.4 Å². The third-order valence-corrected chi connectivity index (χ3v) is 3.47. The molecule has 1 aromatic carbocycles. The van der Waals surface area contributed by atoms with Gasteiger partial charge >= 0.3 is 18.7 Å². The van der Waals surface area contributed by atoms with Gasteiger partial charge in [-0.2, -0.15) is 8.78 Å². The van der Waals surface area contributed by atoms with Gasteiger partial charge in [-0.3, -0.25) is 4.79 Å². The van der Waals surface area contributed by atoms with Gasteiger partial charge < -0.3 is 15.2 Å². The van der Waals surface area contributed by atoms with E-state index in [9.17, 15) is 40.6 Å². The maximum absolute atomic E-state index is 13.3. The van der Waals surface area contributed by atoms with Crippen LogP contribution in [0.5, 0.6) is 5.75 Å². The van der Waals surface area contributed by atoms with E-state index in [-0.39, 0.29) is 5.56 Å². The van der Waals surface area contributed by atoms with E-state index in [1.54, 1.807) is 0 Å². The summed E-state index contributed by atoms with van der Waals surface area (Å²) in [4.78, 5) is 11.8. The third kappa shape index (κ3) is 5.75. The maximum Gasteiger partial charge on any atom is 0.573 e. The van der Waals surface area contributed by atoms with Gasteiger partial charge in [-0.25, -0.2) is 8.78 Å². The molecule has 0 unspecified atom stereocenters. The number of carbonyl (C=O) groups excluding carboxylic acids is 1. The fraction of sp³-hybridized carbons (Fsp3) is 0.533. The summed E-state index contributed by atoms with van der Waals surface area (Å²) in [6, 6.07) is 3.56. The van der Waals surface area contributed by atoms with Crippen LogP contribution in [-0.2, 0) is 4.79 Å². The number of alkyl halides is 7. The molecule has 1 amide bonds. The zero-order valence-electron chi connectivity index (χ0n) is 13.6. The number of hydrogen-bond donors (Lipinski definition) is 2. The van der Waals surface area contributed by atoms with Gasteiger partial charge in [0.1, 0.15) is 11.4 Å². The van der Waals surface area contributed by atoms with Crippen molar-refractivity contribution >= 4 is 5.91 Å². The Balaban J connectivity index is 2.80. The number of nitrogens with one attached hydrogen (secondary N) is 1. The van der Waals surface area contributed by atoms with Crippen LogP contribution >= 0.6 is 0 Å². The number of ether oxygens (including phenoxy) is 1. The molecule has 4 nitrogen and oxygen atoms in total. The predicted molar refractivity (Wildman–Crippen MR) is 75.9 cm³/mol. The molecule has 0 radical (unpaired) electrons. The second-order valence-corrected chi connectivity index (χ2v) is 5.78. The third-order valence-electron chi connectivity index (χ3n) is 3.47. The molecule has 0 spiro atoms. The van der Waals surface area contributed by atoms with Crippen LogP contribution in [0.1, 0.15) is 31.9 Å². The molecular weight excluding hydrogens is 375 g/mol. The van der Waals surface area contributed by atoms with Crippen LogP contribution in [0, 0.1) is 0 Å². The highest BCUT2D eigenvalue weighted by atomic mass is 19.4. The van der Waals surface area contributed by atoms with E-state index in [1.807, 2.05) is 0 Å². The van der Waals surface area contributed by atoms with Crippen molar-refractivity contribution in [2.24, 2.45) is 0 Å². The van der Waals surface area contributed by atoms with Crippen LogP contribution in [-0.4, -0.2) is 35.3 Å². The number of halogens is 7. The fourth-order valence-corrected chi connectivity index (χ4v) is 2.02. The normalized spacial score (nSPS) is 16.1. The van der Waals surface area contributed by atoms with Gasteiger partial charge in [0.2, 0.25) is 5.91 Å². The first-order valence-electron chi connectivity index (χ1n) is 7.19. The molecule has 0 aromatic heterocycles. The van der Waals surface area contributed by atoms with Crippen molar-refractivity contribution in [3.63, 3.8) is 0 Å². The highest BCUT2D eigenvalue weighted by molar-refractivity contribution is 5.77. The second-order valence-electron chi connectivity index (χ2n) is 5.78. The molecule has 0 heterocycles. The van der Waals surface area contributed by atoms with Crippen molar-refractivity contribution in [3.8, 4) is 5.75 Å². The Morgan fingerprint density at radius 3 is 2.31 bits per heavy atom. The van der Waals surface area contributed by atoms with Gasteiger partial charge in [-0.05, 0) is 31.5 Å².